The van der Waals surface area contributed by atoms with E-state index >= 15 is 0 Å². The van der Waals surface area contributed by atoms with Gasteiger partial charge in [0.15, 0.2) is 0 Å². The maximum atomic E-state index is 5.45. The van der Waals surface area contributed by atoms with Crippen molar-refractivity contribution in [3.05, 3.63) is 21.9 Å². The minimum absolute atomic E-state index is 0.227. The van der Waals surface area contributed by atoms with Crippen LogP contribution in [0.5, 0.6) is 0 Å². The van der Waals surface area contributed by atoms with E-state index in [1.165, 1.54) is 9.75 Å². The molecule has 0 radical (unpaired) electrons. The summed E-state index contributed by atoms with van der Waals surface area (Å²) in [4.78, 5) is 6.99. The molecule has 0 saturated carbocycles. The third kappa shape index (κ3) is 4.75. The summed E-state index contributed by atoms with van der Waals surface area (Å²) in [5.74, 6) is 6.11. The van der Waals surface area contributed by atoms with Crippen LogP contribution in [0.4, 0.5) is 0 Å². The number of aliphatic imine (C=N–C) groups is 1. The van der Waals surface area contributed by atoms with Crippen LogP contribution in [0.15, 0.2) is 17.1 Å². The Balaban J connectivity index is 2.53. The molecule has 0 fully saturated rings. The molecule has 0 saturated heterocycles. The van der Waals surface area contributed by atoms with Crippen molar-refractivity contribution in [2.24, 2.45) is 10.8 Å². The highest BCUT2D eigenvalue weighted by Crippen LogP contribution is 2.21. The van der Waals surface area contributed by atoms with Crippen LogP contribution in [0.1, 0.15) is 42.5 Å². The molecule has 0 aliphatic heterocycles. The zero-order valence-electron chi connectivity index (χ0n) is 10.8. The summed E-state index contributed by atoms with van der Waals surface area (Å²) in [6, 6.07) is 4.49. The summed E-state index contributed by atoms with van der Waals surface area (Å²) in [7, 11) is 0. The van der Waals surface area contributed by atoms with E-state index < -0.39 is 0 Å². The van der Waals surface area contributed by atoms with E-state index in [4.69, 9.17) is 5.84 Å². The van der Waals surface area contributed by atoms with Crippen molar-refractivity contribution in [2.45, 2.75) is 39.7 Å². The molecular weight excluding hydrogens is 232 g/mol. The fourth-order valence-electron chi connectivity index (χ4n) is 1.44. The Kier molecular flexibility index (Phi) is 6.00. The van der Waals surface area contributed by atoms with Crippen molar-refractivity contribution in [1.82, 2.24) is 10.7 Å². The number of hydrogen-bond donors (Lipinski definition) is 3. The van der Waals surface area contributed by atoms with Crippen molar-refractivity contribution >= 4 is 17.3 Å². The molecular formula is C12H22N4S. The van der Waals surface area contributed by atoms with Crippen LogP contribution in [-0.2, 0) is 0 Å². The zero-order chi connectivity index (χ0) is 12.7. The summed E-state index contributed by atoms with van der Waals surface area (Å²) in [5, 5.41) is 3.28. The summed E-state index contributed by atoms with van der Waals surface area (Å²) in [6.07, 6.45) is 2.22. The Labute approximate surface area is 107 Å². The standard InChI is InChI=1S/C12H22N4S/c1-4-5-8-14-12(16-13)15-10(3)11-7-6-9(2)17-11/h6-7,10H,4-5,8,13H2,1-3H3,(H2,14,15,16). The van der Waals surface area contributed by atoms with E-state index in [1.54, 1.807) is 11.3 Å². The van der Waals surface area contributed by atoms with E-state index in [1.807, 2.05) is 0 Å². The number of nitrogens with zero attached hydrogens (tertiary/aromatic N) is 1. The SMILES string of the molecule is CCCCN=C(NN)NC(C)c1ccc(C)s1. The average Bonchev–Trinajstić information content (AvgIpc) is 2.74. The van der Waals surface area contributed by atoms with Crippen LogP contribution < -0.4 is 16.6 Å². The molecule has 0 bridgehead atoms. The molecule has 0 amide bonds. The lowest BCUT2D eigenvalue weighted by molar-refractivity contribution is 0.694. The minimum atomic E-state index is 0.227. The topological polar surface area (TPSA) is 62.4 Å². The van der Waals surface area contributed by atoms with Crippen molar-refractivity contribution in [2.75, 3.05) is 6.54 Å². The Hall–Kier alpha value is -1.07. The van der Waals surface area contributed by atoms with Crippen LogP contribution in [-0.4, -0.2) is 12.5 Å². The van der Waals surface area contributed by atoms with E-state index in [2.05, 4.69) is 48.6 Å². The Morgan fingerprint density at radius 1 is 1.53 bits per heavy atom. The molecule has 0 aliphatic carbocycles. The molecule has 1 aromatic rings. The number of thiophene rings is 1. The second-order valence-corrected chi connectivity index (χ2v) is 5.36. The van der Waals surface area contributed by atoms with Gasteiger partial charge in [0.1, 0.15) is 0 Å². The van der Waals surface area contributed by atoms with Gasteiger partial charge in [-0.15, -0.1) is 11.3 Å². The van der Waals surface area contributed by atoms with Crippen LogP contribution >= 0.6 is 11.3 Å². The number of nitrogens with one attached hydrogen (secondary N) is 2. The Morgan fingerprint density at radius 2 is 2.29 bits per heavy atom. The molecule has 1 unspecified atom stereocenters. The van der Waals surface area contributed by atoms with Gasteiger partial charge in [0.05, 0.1) is 6.04 Å². The fourth-order valence-corrected chi connectivity index (χ4v) is 2.32. The smallest absolute Gasteiger partial charge is 0.206 e. The molecule has 1 atom stereocenters. The lowest BCUT2D eigenvalue weighted by Crippen LogP contribution is -2.42. The van der Waals surface area contributed by atoms with Gasteiger partial charge in [-0.25, -0.2) is 5.84 Å². The maximum absolute atomic E-state index is 5.45. The lowest BCUT2D eigenvalue weighted by atomic mass is 10.3. The van der Waals surface area contributed by atoms with Crippen molar-refractivity contribution in [3.8, 4) is 0 Å². The van der Waals surface area contributed by atoms with Gasteiger partial charge in [0, 0.05) is 16.3 Å². The van der Waals surface area contributed by atoms with Crippen LogP contribution in [0.3, 0.4) is 0 Å². The Bertz CT molecular complexity index is 359. The number of unbranched alkanes of at least 4 members (excludes halogenated alkanes) is 1. The van der Waals surface area contributed by atoms with E-state index in [0.717, 1.165) is 19.4 Å². The predicted molar refractivity (Wildman–Crippen MR) is 75.1 cm³/mol. The van der Waals surface area contributed by atoms with Gasteiger partial charge in [0.2, 0.25) is 5.96 Å². The summed E-state index contributed by atoms with van der Waals surface area (Å²) >= 11 is 1.79. The zero-order valence-corrected chi connectivity index (χ0v) is 11.6. The summed E-state index contributed by atoms with van der Waals surface area (Å²) in [5.41, 5.74) is 2.61. The van der Waals surface area contributed by atoms with Crippen LogP contribution in [0.25, 0.3) is 0 Å². The molecule has 0 spiro atoms. The maximum Gasteiger partial charge on any atom is 0.206 e. The first-order valence-electron chi connectivity index (χ1n) is 6.01. The van der Waals surface area contributed by atoms with Crippen molar-refractivity contribution in [1.29, 1.82) is 0 Å². The minimum Gasteiger partial charge on any atom is -0.348 e. The predicted octanol–water partition coefficient (Wildman–Crippen LogP) is 2.33. The van der Waals surface area contributed by atoms with Crippen molar-refractivity contribution < 1.29 is 0 Å². The normalized spacial score (nSPS) is 13.5. The highest BCUT2D eigenvalue weighted by Gasteiger charge is 2.08. The van der Waals surface area contributed by atoms with Gasteiger partial charge in [-0.3, -0.25) is 10.4 Å². The Morgan fingerprint density at radius 3 is 2.82 bits per heavy atom. The average molecular weight is 254 g/mol. The fraction of sp³-hybridized carbons (Fsp3) is 0.583. The monoisotopic (exact) mass is 254 g/mol. The third-order valence-corrected chi connectivity index (χ3v) is 3.64. The van der Waals surface area contributed by atoms with E-state index in [9.17, 15) is 0 Å². The number of hydrogen-bond acceptors (Lipinski definition) is 3. The molecule has 4 N–H and O–H groups in total. The van der Waals surface area contributed by atoms with Crippen molar-refractivity contribution in [3.63, 3.8) is 0 Å². The number of nitrogens with two attached hydrogens (primary N) is 1. The van der Waals surface area contributed by atoms with Crippen LogP contribution in [0.2, 0.25) is 0 Å². The molecule has 1 aromatic heterocycles. The van der Waals surface area contributed by atoms with Gasteiger partial charge in [-0.05, 0) is 32.4 Å². The molecule has 17 heavy (non-hydrogen) atoms. The van der Waals surface area contributed by atoms with Gasteiger partial charge >= 0.3 is 0 Å². The first-order valence-corrected chi connectivity index (χ1v) is 6.83. The second kappa shape index (κ2) is 7.29. The highest BCUT2D eigenvalue weighted by molar-refractivity contribution is 7.12. The molecule has 96 valence electrons. The van der Waals surface area contributed by atoms with Gasteiger partial charge < -0.3 is 5.32 Å². The van der Waals surface area contributed by atoms with Gasteiger partial charge in [-0.2, -0.15) is 0 Å². The molecule has 4 nitrogen and oxygen atoms in total. The number of guanidine groups is 1. The molecule has 0 aromatic carbocycles. The third-order valence-electron chi connectivity index (χ3n) is 2.46. The highest BCUT2D eigenvalue weighted by atomic mass is 32.1. The van der Waals surface area contributed by atoms with E-state index in [0.29, 0.717) is 5.96 Å². The first kappa shape index (κ1) is 14.0. The van der Waals surface area contributed by atoms with Gasteiger partial charge in [0.25, 0.3) is 0 Å². The lowest BCUT2D eigenvalue weighted by Gasteiger charge is -2.15. The quantitative estimate of drug-likeness (QED) is 0.248. The summed E-state index contributed by atoms with van der Waals surface area (Å²) < 4.78 is 0. The van der Waals surface area contributed by atoms with Crippen LogP contribution in [0, 0.1) is 6.92 Å². The second-order valence-electron chi connectivity index (χ2n) is 4.04. The largest absolute Gasteiger partial charge is 0.348 e. The van der Waals surface area contributed by atoms with Gasteiger partial charge in [-0.1, -0.05) is 13.3 Å². The van der Waals surface area contributed by atoms with E-state index in [-0.39, 0.29) is 6.04 Å². The number of rotatable bonds is 5. The first-order chi connectivity index (χ1) is 8.17. The molecule has 1 rings (SSSR count). The number of aryl methyl sites for hydroxylation is 1. The summed E-state index contributed by atoms with van der Waals surface area (Å²) in [6.45, 7) is 7.17. The molecule has 0 aliphatic rings. The number of hydrazine groups is 1. The molecule has 5 heteroatoms. The molecule has 1 heterocycles.